The Morgan fingerprint density at radius 1 is 1.03 bits per heavy atom. The monoisotopic (exact) mass is 464 g/mol. The van der Waals surface area contributed by atoms with E-state index in [1.165, 1.54) is 0 Å². The molecule has 0 saturated carbocycles. The summed E-state index contributed by atoms with van der Waals surface area (Å²) in [6.45, 7) is 8.69. The van der Waals surface area contributed by atoms with Crippen molar-refractivity contribution >= 4 is 17.4 Å². The molecular weight excluding hydrogens is 432 g/mol. The maximum Gasteiger partial charge on any atom is 0.295 e. The Labute approximate surface area is 200 Å². The Balaban J connectivity index is 1.64. The number of Topliss-reactive ketones (excluding diaryl/α,β-unsaturated/α-hetero) is 1. The molecule has 0 aliphatic carbocycles. The molecule has 0 radical (unpaired) electrons. The lowest BCUT2D eigenvalue weighted by atomic mass is 9.95. The summed E-state index contributed by atoms with van der Waals surface area (Å²) >= 11 is 0. The van der Waals surface area contributed by atoms with Crippen LogP contribution in [-0.4, -0.2) is 72.6 Å². The molecule has 4 rings (SSSR count). The summed E-state index contributed by atoms with van der Waals surface area (Å²) in [7, 11) is 0. The van der Waals surface area contributed by atoms with Crippen molar-refractivity contribution in [3.63, 3.8) is 0 Å². The average molecular weight is 465 g/mol. The molecule has 0 aromatic heterocycles. The van der Waals surface area contributed by atoms with Crippen LogP contribution in [0.1, 0.15) is 31.0 Å². The molecule has 2 aromatic carbocycles. The van der Waals surface area contributed by atoms with Crippen molar-refractivity contribution in [1.29, 1.82) is 0 Å². The summed E-state index contributed by atoms with van der Waals surface area (Å²) in [5.41, 5.74) is 1.39. The van der Waals surface area contributed by atoms with E-state index in [9.17, 15) is 14.7 Å². The number of ketones is 1. The molecule has 7 nitrogen and oxygen atoms in total. The van der Waals surface area contributed by atoms with Crippen LogP contribution in [-0.2, 0) is 14.3 Å². The van der Waals surface area contributed by atoms with Gasteiger partial charge < -0.3 is 19.5 Å². The fourth-order valence-electron chi connectivity index (χ4n) is 4.29. The number of aliphatic hydroxyl groups is 1. The van der Waals surface area contributed by atoms with Crippen molar-refractivity contribution in [2.75, 3.05) is 46.0 Å². The summed E-state index contributed by atoms with van der Waals surface area (Å²) in [4.78, 5) is 30.0. The summed E-state index contributed by atoms with van der Waals surface area (Å²) in [5, 5.41) is 11.2. The topological polar surface area (TPSA) is 79.3 Å². The van der Waals surface area contributed by atoms with Crippen molar-refractivity contribution in [1.82, 2.24) is 9.80 Å². The number of rotatable bonds is 8. The molecule has 1 N–H and O–H groups in total. The minimum absolute atomic E-state index is 0.119. The largest absolute Gasteiger partial charge is 0.507 e. The van der Waals surface area contributed by atoms with Crippen LogP contribution in [0.25, 0.3) is 5.76 Å². The van der Waals surface area contributed by atoms with Gasteiger partial charge in [-0.25, -0.2) is 0 Å². The molecule has 7 heteroatoms. The van der Waals surface area contributed by atoms with E-state index in [4.69, 9.17) is 9.47 Å². The second-order valence-corrected chi connectivity index (χ2v) is 9.09. The van der Waals surface area contributed by atoms with Crippen molar-refractivity contribution in [2.45, 2.75) is 19.9 Å². The molecular formula is C27H32N2O5. The predicted molar refractivity (Wildman–Crippen MR) is 129 cm³/mol. The number of morpholine rings is 1. The van der Waals surface area contributed by atoms with Crippen LogP contribution in [0.2, 0.25) is 0 Å². The molecule has 2 aliphatic rings. The first kappa shape index (κ1) is 24.0. The quantitative estimate of drug-likeness (QED) is 0.366. The van der Waals surface area contributed by atoms with Gasteiger partial charge in [0.2, 0.25) is 0 Å². The molecule has 2 aromatic rings. The average Bonchev–Trinajstić information content (AvgIpc) is 3.12. The van der Waals surface area contributed by atoms with Crippen LogP contribution in [0.4, 0.5) is 0 Å². The zero-order valence-corrected chi connectivity index (χ0v) is 19.8. The van der Waals surface area contributed by atoms with Crippen LogP contribution in [0.3, 0.4) is 0 Å². The number of carbonyl (C=O) groups excluding carboxylic acids is 2. The van der Waals surface area contributed by atoms with E-state index in [2.05, 4.69) is 18.7 Å². The third-order valence-corrected chi connectivity index (χ3v) is 6.13. The van der Waals surface area contributed by atoms with Gasteiger partial charge in [0.1, 0.15) is 11.5 Å². The number of hydrogen-bond donors (Lipinski definition) is 1. The molecule has 0 bridgehead atoms. The van der Waals surface area contributed by atoms with Gasteiger partial charge >= 0.3 is 0 Å². The lowest BCUT2D eigenvalue weighted by Gasteiger charge is -2.31. The normalized spacial score (nSPS) is 20.8. The van der Waals surface area contributed by atoms with E-state index < -0.39 is 17.7 Å². The number of benzene rings is 2. The maximum absolute atomic E-state index is 13.1. The molecule has 2 aliphatic heterocycles. The highest BCUT2D eigenvalue weighted by Crippen LogP contribution is 2.39. The van der Waals surface area contributed by atoms with Gasteiger partial charge in [-0.2, -0.15) is 0 Å². The lowest BCUT2D eigenvalue weighted by Crippen LogP contribution is -2.42. The Bertz CT molecular complexity index is 1030. The minimum Gasteiger partial charge on any atom is -0.507 e. The summed E-state index contributed by atoms with van der Waals surface area (Å²) in [6.07, 6.45) is 0. The number of amides is 1. The maximum atomic E-state index is 13.1. The number of ether oxygens (including phenoxy) is 2. The summed E-state index contributed by atoms with van der Waals surface area (Å²) < 4.78 is 11.1. The molecule has 1 amide bonds. The van der Waals surface area contributed by atoms with Crippen LogP contribution < -0.4 is 4.74 Å². The standard InChI is InChI=1S/C27H32N2O5/c1-19(2)18-34-22-10-8-21(9-11-22)25(30)23-24(20-6-4-3-5-7-20)29(27(32)26(23)31)13-12-28-14-16-33-17-15-28/h3-11,19,24,30H,12-18H2,1-2H3/b25-23+. The summed E-state index contributed by atoms with van der Waals surface area (Å²) in [6, 6.07) is 15.7. The number of hydrogen-bond acceptors (Lipinski definition) is 6. The van der Waals surface area contributed by atoms with Gasteiger partial charge in [-0.05, 0) is 35.7 Å². The first-order valence-corrected chi connectivity index (χ1v) is 11.8. The zero-order chi connectivity index (χ0) is 24.1. The molecule has 2 saturated heterocycles. The minimum atomic E-state index is -0.659. The molecule has 2 fully saturated rings. The fraction of sp³-hybridized carbons (Fsp3) is 0.407. The Hall–Kier alpha value is -3.16. The van der Waals surface area contributed by atoms with E-state index in [0.717, 1.165) is 18.7 Å². The van der Waals surface area contributed by atoms with Gasteiger partial charge in [0, 0.05) is 31.7 Å². The lowest BCUT2D eigenvalue weighted by molar-refractivity contribution is -0.140. The van der Waals surface area contributed by atoms with Gasteiger partial charge in [0.05, 0.1) is 31.4 Å². The van der Waals surface area contributed by atoms with E-state index >= 15 is 0 Å². The third kappa shape index (κ3) is 5.32. The second-order valence-electron chi connectivity index (χ2n) is 9.09. The highest BCUT2D eigenvalue weighted by Gasteiger charge is 2.45. The van der Waals surface area contributed by atoms with E-state index in [1.54, 1.807) is 29.2 Å². The van der Waals surface area contributed by atoms with Crippen molar-refractivity contribution in [3.05, 3.63) is 71.3 Å². The second kappa shape index (κ2) is 10.8. The van der Waals surface area contributed by atoms with E-state index in [-0.39, 0.29) is 11.3 Å². The Morgan fingerprint density at radius 2 is 1.71 bits per heavy atom. The van der Waals surface area contributed by atoms with Gasteiger partial charge in [-0.3, -0.25) is 14.5 Å². The van der Waals surface area contributed by atoms with Crippen molar-refractivity contribution in [3.8, 4) is 5.75 Å². The highest BCUT2D eigenvalue weighted by molar-refractivity contribution is 6.46. The van der Waals surface area contributed by atoms with Crippen molar-refractivity contribution < 1.29 is 24.2 Å². The third-order valence-electron chi connectivity index (χ3n) is 6.13. The molecule has 34 heavy (non-hydrogen) atoms. The highest BCUT2D eigenvalue weighted by atomic mass is 16.5. The Morgan fingerprint density at radius 3 is 2.35 bits per heavy atom. The molecule has 0 spiro atoms. The smallest absolute Gasteiger partial charge is 0.295 e. The zero-order valence-electron chi connectivity index (χ0n) is 19.8. The van der Waals surface area contributed by atoms with Gasteiger partial charge in [-0.15, -0.1) is 0 Å². The first-order valence-electron chi connectivity index (χ1n) is 11.8. The number of aliphatic hydroxyl groups excluding tert-OH is 1. The SMILES string of the molecule is CC(C)COc1ccc(/C(O)=C2\C(=O)C(=O)N(CCN3CCOCC3)C2c2ccccc2)cc1. The van der Waals surface area contributed by atoms with Gasteiger partial charge in [0.15, 0.2) is 0 Å². The van der Waals surface area contributed by atoms with Crippen LogP contribution in [0, 0.1) is 5.92 Å². The summed E-state index contributed by atoms with van der Waals surface area (Å²) in [5.74, 6) is -0.325. The molecule has 1 unspecified atom stereocenters. The van der Waals surface area contributed by atoms with Gasteiger partial charge in [-0.1, -0.05) is 44.2 Å². The number of likely N-dealkylation sites (tertiary alicyclic amines) is 1. The van der Waals surface area contributed by atoms with E-state index in [0.29, 0.717) is 50.1 Å². The van der Waals surface area contributed by atoms with Gasteiger partial charge in [0.25, 0.3) is 11.7 Å². The van der Waals surface area contributed by atoms with Crippen molar-refractivity contribution in [2.24, 2.45) is 5.92 Å². The number of carbonyl (C=O) groups is 2. The molecule has 1 atom stereocenters. The van der Waals surface area contributed by atoms with Crippen LogP contribution >= 0.6 is 0 Å². The predicted octanol–water partition coefficient (Wildman–Crippen LogP) is 3.48. The van der Waals surface area contributed by atoms with E-state index in [1.807, 2.05) is 30.3 Å². The van der Waals surface area contributed by atoms with Crippen LogP contribution in [0.15, 0.2) is 60.2 Å². The molecule has 180 valence electrons. The number of nitrogens with zero attached hydrogens (tertiary/aromatic N) is 2. The first-order chi connectivity index (χ1) is 16.5. The Kier molecular flexibility index (Phi) is 7.65. The molecule has 2 heterocycles. The van der Waals surface area contributed by atoms with Crippen LogP contribution in [0.5, 0.6) is 5.75 Å². The fourth-order valence-corrected chi connectivity index (χ4v) is 4.29.